The van der Waals surface area contributed by atoms with Crippen molar-refractivity contribution in [2.24, 2.45) is 0 Å². The maximum Gasteiger partial charge on any atom is 0.207 e. The Morgan fingerprint density at radius 2 is 1.80 bits per heavy atom. The molecule has 1 heterocycles. The summed E-state index contributed by atoms with van der Waals surface area (Å²) in [5.41, 5.74) is 2.06. The molecule has 0 fully saturated rings. The molecule has 0 saturated carbocycles. The van der Waals surface area contributed by atoms with Gasteiger partial charge in [0.2, 0.25) is 5.78 Å². The van der Waals surface area contributed by atoms with E-state index in [1.807, 2.05) is 48.5 Å². The topological polar surface area (TPSA) is 54.0 Å². The molecule has 0 radical (unpaired) electrons. The summed E-state index contributed by atoms with van der Waals surface area (Å²) in [5, 5.41) is 10.0. The van der Waals surface area contributed by atoms with Crippen LogP contribution in [0.4, 0.5) is 0 Å². The highest BCUT2D eigenvalue weighted by Crippen LogP contribution is 2.28. The average Bonchev–Trinajstić information content (AvgIpc) is 3.02. The van der Waals surface area contributed by atoms with E-state index in [0.29, 0.717) is 22.1 Å². The number of ketones is 1. The van der Waals surface area contributed by atoms with Crippen molar-refractivity contribution in [1.29, 1.82) is 5.26 Å². The Balaban J connectivity index is 1.96. The van der Waals surface area contributed by atoms with E-state index in [4.69, 9.17) is 16.0 Å². The van der Waals surface area contributed by atoms with Gasteiger partial charge in [-0.1, -0.05) is 41.9 Å². The third kappa shape index (κ3) is 3.71. The van der Waals surface area contributed by atoms with Crippen molar-refractivity contribution in [2.75, 3.05) is 0 Å². The molecular weight excluding hydrogens is 334 g/mol. The number of Topliss-reactive ketones (excluding diaryl/α,β-unsaturated/α-hetero) is 1. The van der Waals surface area contributed by atoms with Crippen LogP contribution >= 0.6 is 11.6 Å². The summed E-state index contributed by atoms with van der Waals surface area (Å²) < 4.78 is 5.71. The van der Waals surface area contributed by atoms with Crippen LogP contribution in [0.1, 0.15) is 21.7 Å². The summed E-state index contributed by atoms with van der Waals surface area (Å²) in [6.07, 6.45) is 1.58. The van der Waals surface area contributed by atoms with Gasteiger partial charge in [-0.05, 0) is 48.9 Å². The van der Waals surface area contributed by atoms with E-state index in [-0.39, 0.29) is 11.4 Å². The lowest BCUT2D eigenvalue weighted by atomic mass is 10.0. The molecule has 0 aliphatic heterocycles. The summed E-state index contributed by atoms with van der Waals surface area (Å²) in [4.78, 5) is 12.7. The summed E-state index contributed by atoms with van der Waals surface area (Å²) in [6.45, 7) is 1.71. The Morgan fingerprint density at radius 1 is 1.12 bits per heavy atom. The number of furan rings is 1. The van der Waals surface area contributed by atoms with Crippen LogP contribution in [-0.4, -0.2) is 5.78 Å². The average molecular weight is 348 g/mol. The molecule has 0 saturated heterocycles. The van der Waals surface area contributed by atoms with Gasteiger partial charge in [-0.25, -0.2) is 0 Å². The fraction of sp³-hybridized carbons (Fsp3) is 0.0476. The molecule has 25 heavy (non-hydrogen) atoms. The first-order chi connectivity index (χ1) is 12.1. The first-order valence-corrected chi connectivity index (χ1v) is 8.04. The van der Waals surface area contributed by atoms with Crippen molar-refractivity contribution < 1.29 is 9.21 Å². The Labute approximate surface area is 150 Å². The van der Waals surface area contributed by atoms with Crippen LogP contribution in [0.15, 0.2) is 70.7 Å². The van der Waals surface area contributed by atoms with Gasteiger partial charge < -0.3 is 4.42 Å². The van der Waals surface area contributed by atoms with Gasteiger partial charge in [0.25, 0.3) is 0 Å². The second kappa shape index (κ2) is 7.21. The third-order valence-electron chi connectivity index (χ3n) is 3.77. The Bertz CT molecular complexity index is 977. The molecule has 0 aliphatic carbocycles. The van der Waals surface area contributed by atoms with Gasteiger partial charge in [-0.3, -0.25) is 4.79 Å². The number of carbonyl (C=O) groups is 1. The normalized spacial score (nSPS) is 11.2. The zero-order valence-electron chi connectivity index (χ0n) is 13.5. The summed E-state index contributed by atoms with van der Waals surface area (Å²) in [5.74, 6) is 0.687. The van der Waals surface area contributed by atoms with Gasteiger partial charge in [0, 0.05) is 10.6 Å². The minimum absolute atomic E-state index is 0.0674. The van der Waals surface area contributed by atoms with Gasteiger partial charge in [-0.2, -0.15) is 5.26 Å². The fourth-order valence-corrected chi connectivity index (χ4v) is 2.60. The SMILES string of the molecule is Cc1oc(-c2ccc(Cl)cc2)cc1C(=O)C(C#N)=Cc1ccccc1. The van der Waals surface area contributed by atoms with Crippen LogP contribution in [0.2, 0.25) is 5.02 Å². The maximum atomic E-state index is 12.7. The quantitative estimate of drug-likeness (QED) is 0.345. The predicted molar refractivity (Wildman–Crippen MR) is 98.3 cm³/mol. The zero-order valence-corrected chi connectivity index (χ0v) is 14.2. The minimum Gasteiger partial charge on any atom is -0.461 e. The second-order valence-corrected chi connectivity index (χ2v) is 5.93. The molecule has 0 atom stereocenters. The van der Waals surface area contributed by atoms with Crippen LogP contribution in [0, 0.1) is 18.3 Å². The third-order valence-corrected chi connectivity index (χ3v) is 4.02. The summed E-state index contributed by atoms with van der Waals surface area (Å²) >= 11 is 5.90. The standard InChI is InChI=1S/C21H14ClNO2/c1-14-19(12-20(25-14)16-7-9-18(22)10-8-16)21(24)17(13-23)11-15-5-3-2-4-6-15/h2-12H,1H3. The zero-order chi connectivity index (χ0) is 17.8. The largest absolute Gasteiger partial charge is 0.461 e. The van der Waals surface area contributed by atoms with E-state index in [1.165, 1.54) is 0 Å². The van der Waals surface area contributed by atoms with Crippen molar-refractivity contribution in [2.45, 2.75) is 6.92 Å². The van der Waals surface area contributed by atoms with Gasteiger partial charge in [-0.15, -0.1) is 0 Å². The monoisotopic (exact) mass is 347 g/mol. The molecule has 4 heteroatoms. The lowest BCUT2D eigenvalue weighted by molar-refractivity contribution is 0.103. The summed E-state index contributed by atoms with van der Waals surface area (Å²) in [7, 11) is 0. The van der Waals surface area contributed by atoms with Gasteiger partial charge in [0.15, 0.2) is 0 Å². The maximum absolute atomic E-state index is 12.7. The van der Waals surface area contributed by atoms with Crippen molar-refractivity contribution >= 4 is 23.5 Å². The molecule has 0 bridgehead atoms. The summed E-state index contributed by atoms with van der Waals surface area (Å²) in [6, 6.07) is 20.1. The number of hydrogen-bond acceptors (Lipinski definition) is 3. The number of benzene rings is 2. The number of rotatable bonds is 4. The smallest absolute Gasteiger partial charge is 0.207 e. The van der Waals surface area contributed by atoms with Crippen molar-refractivity contribution in [3.8, 4) is 17.4 Å². The molecule has 2 aromatic carbocycles. The molecule has 3 nitrogen and oxygen atoms in total. The van der Waals surface area contributed by atoms with Crippen molar-refractivity contribution in [1.82, 2.24) is 0 Å². The molecule has 3 rings (SSSR count). The van der Waals surface area contributed by atoms with E-state index in [0.717, 1.165) is 11.1 Å². The number of allylic oxidation sites excluding steroid dienone is 1. The number of nitrogens with zero attached hydrogens (tertiary/aromatic N) is 1. The molecule has 3 aromatic rings. The van der Waals surface area contributed by atoms with Crippen LogP contribution in [-0.2, 0) is 0 Å². The highest BCUT2D eigenvalue weighted by Gasteiger charge is 2.19. The second-order valence-electron chi connectivity index (χ2n) is 5.50. The first-order valence-electron chi connectivity index (χ1n) is 7.66. The van der Waals surface area contributed by atoms with Crippen LogP contribution in [0.5, 0.6) is 0 Å². The number of nitriles is 1. The highest BCUT2D eigenvalue weighted by atomic mass is 35.5. The van der Waals surface area contributed by atoms with Gasteiger partial charge in [0.05, 0.1) is 5.56 Å². The molecule has 122 valence electrons. The Kier molecular flexibility index (Phi) is 4.83. The van der Waals surface area contributed by atoms with E-state index in [9.17, 15) is 10.1 Å². The molecule has 0 amide bonds. The fourth-order valence-electron chi connectivity index (χ4n) is 2.47. The Hall–Kier alpha value is -3.09. The van der Waals surface area contributed by atoms with Crippen molar-refractivity contribution in [3.05, 3.63) is 88.1 Å². The number of halogens is 1. The molecule has 0 N–H and O–H groups in total. The van der Waals surface area contributed by atoms with Gasteiger partial charge >= 0.3 is 0 Å². The van der Waals surface area contributed by atoms with E-state index in [1.54, 1.807) is 31.2 Å². The molecule has 1 aromatic heterocycles. The first kappa shape index (κ1) is 16.8. The van der Waals surface area contributed by atoms with Crippen LogP contribution < -0.4 is 0 Å². The molecule has 0 aliphatic rings. The molecular formula is C21H14ClNO2. The van der Waals surface area contributed by atoms with E-state index < -0.39 is 0 Å². The molecule has 0 spiro atoms. The number of aryl methyl sites for hydroxylation is 1. The lowest BCUT2D eigenvalue weighted by Gasteiger charge is -1.98. The predicted octanol–water partition coefficient (Wildman–Crippen LogP) is 5.70. The number of carbonyl (C=O) groups excluding carboxylic acids is 1. The Morgan fingerprint density at radius 3 is 2.44 bits per heavy atom. The van der Waals surface area contributed by atoms with Crippen LogP contribution in [0.3, 0.4) is 0 Å². The van der Waals surface area contributed by atoms with Gasteiger partial charge in [0.1, 0.15) is 23.2 Å². The van der Waals surface area contributed by atoms with Crippen LogP contribution in [0.25, 0.3) is 17.4 Å². The number of hydrogen-bond donors (Lipinski definition) is 0. The van der Waals surface area contributed by atoms with E-state index in [2.05, 4.69) is 0 Å². The lowest BCUT2D eigenvalue weighted by Crippen LogP contribution is -2.02. The minimum atomic E-state index is -0.354. The van der Waals surface area contributed by atoms with Crippen molar-refractivity contribution in [3.63, 3.8) is 0 Å². The van der Waals surface area contributed by atoms with E-state index >= 15 is 0 Å². The molecule has 0 unspecified atom stereocenters. The highest BCUT2D eigenvalue weighted by molar-refractivity contribution is 6.30.